The molecule has 23 heavy (non-hydrogen) atoms. The second-order valence-corrected chi connectivity index (χ2v) is 6.36. The van der Waals surface area contributed by atoms with Gasteiger partial charge in [-0.1, -0.05) is 35.9 Å². The predicted octanol–water partition coefficient (Wildman–Crippen LogP) is 2.91. The number of rotatable bonds is 5. The Morgan fingerprint density at radius 3 is 2.65 bits per heavy atom. The molecule has 120 valence electrons. The van der Waals surface area contributed by atoms with E-state index in [1.165, 1.54) is 0 Å². The second kappa shape index (κ2) is 7.11. The van der Waals surface area contributed by atoms with Crippen LogP contribution in [-0.2, 0) is 11.2 Å². The average molecular weight is 331 g/mol. The van der Waals surface area contributed by atoms with Crippen molar-refractivity contribution >= 4 is 17.5 Å². The lowest BCUT2D eigenvalue weighted by atomic mass is 9.76. The third-order valence-corrected chi connectivity index (χ3v) is 4.62. The van der Waals surface area contributed by atoms with E-state index in [1.807, 2.05) is 36.4 Å². The summed E-state index contributed by atoms with van der Waals surface area (Å²) in [5.41, 5.74) is 1.64. The van der Waals surface area contributed by atoms with Crippen molar-refractivity contribution in [3.8, 4) is 0 Å². The van der Waals surface area contributed by atoms with Gasteiger partial charge >= 0.3 is 0 Å². The number of aromatic nitrogens is 1. The van der Waals surface area contributed by atoms with Gasteiger partial charge < -0.3 is 10.4 Å². The molecule has 3 rings (SSSR count). The molecule has 1 amide bonds. The molecule has 0 unspecified atom stereocenters. The van der Waals surface area contributed by atoms with Crippen molar-refractivity contribution in [2.75, 3.05) is 0 Å². The monoisotopic (exact) mass is 330 g/mol. The lowest BCUT2D eigenvalue weighted by molar-refractivity contribution is -0.122. The highest BCUT2D eigenvalue weighted by molar-refractivity contribution is 6.31. The fourth-order valence-electron chi connectivity index (χ4n) is 2.93. The van der Waals surface area contributed by atoms with Crippen molar-refractivity contribution in [2.45, 2.75) is 31.4 Å². The largest absolute Gasteiger partial charge is 0.393 e. The Bertz CT molecular complexity index is 672. The molecule has 0 bridgehead atoms. The van der Waals surface area contributed by atoms with Gasteiger partial charge in [0.2, 0.25) is 5.91 Å². The number of carbonyl (C=O) groups excluding carboxylic acids is 1. The van der Waals surface area contributed by atoms with Crippen molar-refractivity contribution in [3.05, 3.63) is 64.9 Å². The topological polar surface area (TPSA) is 62.2 Å². The molecule has 0 spiro atoms. The van der Waals surface area contributed by atoms with Crippen molar-refractivity contribution in [3.63, 3.8) is 0 Å². The van der Waals surface area contributed by atoms with Gasteiger partial charge in [0, 0.05) is 11.2 Å². The van der Waals surface area contributed by atoms with Gasteiger partial charge in [-0.05, 0) is 42.5 Å². The fraction of sp³-hybridized carbons (Fsp3) is 0.333. The Balaban J connectivity index is 1.71. The maximum atomic E-state index is 12.4. The highest BCUT2D eigenvalue weighted by Gasteiger charge is 2.36. The van der Waals surface area contributed by atoms with E-state index in [-0.39, 0.29) is 30.4 Å². The van der Waals surface area contributed by atoms with E-state index in [4.69, 9.17) is 11.6 Å². The number of carbonyl (C=O) groups is 1. The molecule has 1 atom stereocenters. The molecule has 1 aromatic heterocycles. The number of hydrogen-bond donors (Lipinski definition) is 2. The maximum Gasteiger partial charge on any atom is 0.225 e. The zero-order valence-corrected chi connectivity index (χ0v) is 13.4. The Morgan fingerprint density at radius 1 is 1.26 bits per heavy atom. The smallest absolute Gasteiger partial charge is 0.225 e. The molecule has 2 aromatic rings. The average Bonchev–Trinajstić information content (AvgIpc) is 2.53. The molecule has 0 aliphatic heterocycles. The summed E-state index contributed by atoms with van der Waals surface area (Å²) in [6.45, 7) is 0. The van der Waals surface area contributed by atoms with Crippen LogP contribution in [0.2, 0.25) is 5.02 Å². The van der Waals surface area contributed by atoms with Gasteiger partial charge in [0.05, 0.1) is 24.3 Å². The minimum atomic E-state index is -0.272. The second-order valence-electron chi connectivity index (χ2n) is 5.95. The van der Waals surface area contributed by atoms with Gasteiger partial charge in [0.25, 0.3) is 0 Å². The Morgan fingerprint density at radius 2 is 2.00 bits per heavy atom. The van der Waals surface area contributed by atoms with Gasteiger partial charge in [-0.15, -0.1) is 0 Å². The highest BCUT2D eigenvalue weighted by Crippen LogP contribution is 2.37. The minimum Gasteiger partial charge on any atom is -0.393 e. The van der Waals surface area contributed by atoms with E-state index in [1.54, 1.807) is 12.3 Å². The molecule has 1 saturated carbocycles. The number of pyridine rings is 1. The van der Waals surface area contributed by atoms with Crippen LogP contribution in [0, 0.1) is 5.92 Å². The summed E-state index contributed by atoms with van der Waals surface area (Å²) >= 11 is 6.12. The minimum absolute atomic E-state index is 0.0878. The van der Waals surface area contributed by atoms with Crippen LogP contribution in [-0.4, -0.2) is 22.1 Å². The van der Waals surface area contributed by atoms with Crippen LogP contribution in [0.25, 0.3) is 0 Å². The molecule has 1 aliphatic rings. The number of aliphatic hydroxyl groups is 1. The lowest BCUT2D eigenvalue weighted by Crippen LogP contribution is -2.42. The van der Waals surface area contributed by atoms with Gasteiger partial charge in [0.15, 0.2) is 0 Å². The van der Waals surface area contributed by atoms with Gasteiger partial charge in [0.1, 0.15) is 0 Å². The van der Waals surface area contributed by atoms with Crippen LogP contribution in [0.1, 0.15) is 30.1 Å². The molecule has 1 fully saturated rings. The summed E-state index contributed by atoms with van der Waals surface area (Å²) in [5, 5.41) is 13.2. The van der Waals surface area contributed by atoms with Gasteiger partial charge in [-0.25, -0.2) is 0 Å². The number of halogens is 1. The summed E-state index contributed by atoms with van der Waals surface area (Å²) in [5.74, 6) is 0.130. The third-order valence-electron chi connectivity index (χ3n) is 4.25. The maximum absolute atomic E-state index is 12.4. The molecule has 1 aliphatic carbocycles. The molecule has 5 heteroatoms. The quantitative estimate of drug-likeness (QED) is 0.886. The van der Waals surface area contributed by atoms with Crippen LogP contribution < -0.4 is 5.32 Å². The van der Waals surface area contributed by atoms with Crippen molar-refractivity contribution < 1.29 is 9.90 Å². The van der Waals surface area contributed by atoms with Crippen LogP contribution in [0.5, 0.6) is 0 Å². The summed E-state index contributed by atoms with van der Waals surface area (Å²) in [6.07, 6.45) is 3.06. The van der Waals surface area contributed by atoms with Crippen molar-refractivity contribution in [2.24, 2.45) is 5.92 Å². The van der Waals surface area contributed by atoms with Crippen LogP contribution in [0.3, 0.4) is 0 Å². The Kier molecular flexibility index (Phi) is 4.94. The molecular formula is C18H19ClN2O2. The normalized spacial score (nSPS) is 21.3. The molecule has 1 aromatic carbocycles. The lowest BCUT2D eigenvalue weighted by Gasteiger charge is -2.37. The Labute approximate surface area is 140 Å². The van der Waals surface area contributed by atoms with E-state index in [0.717, 1.165) is 11.3 Å². The standard InChI is InChI=1S/C18H19ClN2O2/c19-15-6-2-1-5-12(15)11-17(23)21-18(13-9-14(22)10-13)16-7-3-4-8-20-16/h1-8,13-14,18,22H,9-11H2,(H,21,23)/t13?,14?,18-/m1/s1. The van der Waals surface area contributed by atoms with E-state index in [0.29, 0.717) is 17.9 Å². The summed E-state index contributed by atoms with van der Waals surface area (Å²) in [6, 6.07) is 12.8. The number of aliphatic hydroxyl groups excluding tert-OH is 1. The highest BCUT2D eigenvalue weighted by atomic mass is 35.5. The summed E-state index contributed by atoms with van der Waals surface area (Å²) < 4.78 is 0. The number of nitrogens with one attached hydrogen (secondary N) is 1. The first kappa shape index (κ1) is 16.0. The first-order valence-electron chi connectivity index (χ1n) is 7.75. The van der Waals surface area contributed by atoms with Crippen LogP contribution in [0.15, 0.2) is 48.7 Å². The van der Waals surface area contributed by atoms with E-state index in [9.17, 15) is 9.90 Å². The first-order chi connectivity index (χ1) is 11.1. The third kappa shape index (κ3) is 3.89. The van der Waals surface area contributed by atoms with E-state index < -0.39 is 0 Å². The van der Waals surface area contributed by atoms with E-state index >= 15 is 0 Å². The van der Waals surface area contributed by atoms with Crippen molar-refractivity contribution in [1.29, 1.82) is 0 Å². The molecule has 4 nitrogen and oxygen atoms in total. The summed E-state index contributed by atoms with van der Waals surface area (Å²) in [7, 11) is 0. The molecular weight excluding hydrogens is 312 g/mol. The zero-order valence-electron chi connectivity index (χ0n) is 12.7. The molecule has 2 N–H and O–H groups in total. The number of hydrogen-bond acceptors (Lipinski definition) is 3. The number of nitrogens with zero attached hydrogens (tertiary/aromatic N) is 1. The first-order valence-corrected chi connectivity index (χ1v) is 8.13. The SMILES string of the molecule is O=C(Cc1ccccc1Cl)N[C@@H](c1ccccn1)C1CC(O)C1. The zero-order chi connectivity index (χ0) is 16.2. The van der Waals surface area contributed by atoms with Crippen molar-refractivity contribution in [1.82, 2.24) is 10.3 Å². The van der Waals surface area contributed by atoms with Crippen LogP contribution in [0.4, 0.5) is 0 Å². The molecule has 1 heterocycles. The van der Waals surface area contributed by atoms with Gasteiger partial charge in [-0.2, -0.15) is 0 Å². The van der Waals surface area contributed by atoms with E-state index in [2.05, 4.69) is 10.3 Å². The summed E-state index contributed by atoms with van der Waals surface area (Å²) in [4.78, 5) is 16.8. The number of amides is 1. The van der Waals surface area contributed by atoms with Crippen LogP contribution >= 0.6 is 11.6 Å². The van der Waals surface area contributed by atoms with Gasteiger partial charge in [-0.3, -0.25) is 9.78 Å². The number of benzene rings is 1. The molecule has 0 saturated heterocycles. The Hall–Kier alpha value is -1.91. The fourth-order valence-corrected chi connectivity index (χ4v) is 3.14. The molecule has 0 radical (unpaired) electrons. The predicted molar refractivity (Wildman–Crippen MR) is 89.0 cm³/mol.